The van der Waals surface area contributed by atoms with Crippen molar-refractivity contribution in [2.24, 2.45) is 0 Å². The van der Waals surface area contributed by atoms with E-state index in [0.29, 0.717) is 17.8 Å². The van der Waals surface area contributed by atoms with E-state index in [2.05, 4.69) is 317 Å². The van der Waals surface area contributed by atoms with E-state index in [1.165, 1.54) is 214 Å². The molecule has 13 aromatic rings. The second-order valence-corrected chi connectivity index (χ2v) is 32.5. The summed E-state index contributed by atoms with van der Waals surface area (Å²) in [5.74, 6) is 2.13. The number of fused-ring (bicyclic) bond motifs is 5. The van der Waals surface area contributed by atoms with E-state index in [1.807, 2.05) is 0 Å². The lowest BCUT2D eigenvalue weighted by atomic mass is 9.58. The molecule has 3 fully saturated rings. The van der Waals surface area contributed by atoms with Crippen LogP contribution >= 0.6 is 0 Å². The maximum Gasteiger partial charge on any atom is 0.0608 e. The van der Waals surface area contributed by atoms with E-state index in [1.54, 1.807) is 5.56 Å². The van der Waals surface area contributed by atoms with Crippen LogP contribution in [0.4, 0.5) is 0 Å². The van der Waals surface area contributed by atoms with Crippen molar-refractivity contribution >= 4 is 16.3 Å². The van der Waals surface area contributed by atoms with Gasteiger partial charge in [-0.3, -0.25) is 0 Å². The second-order valence-electron chi connectivity index (χ2n) is 32.5. The van der Waals surface area contributed by atoms with Crippen LogP contribution < -0.4 is 0 Å². The number of aliphatic hydroxyl groups excluding tert-OH is 2. The quantitative estimate of drug-likeness (QED) is 0.0899. The van der Waals surface area contributed by atoms with E-state index >= 15 is 0 Å². The molecule has 0 bridgehead atoms. The summed E-state index contributed by atoms with van der Waals surface area (Å²) >= 11 is 0. The average Bonchev–Trinajstić information content (AvgIpc) is 1.50. The molecule has 0 radical (unpaired) electrons. The molecule has 5 unspecified atom stereocenters. The Bertz CT molecular complexity index is 5290. The van der Waals surface area contributed by atoms with Crippen LogP contribution in [-0.2, 0) is 11.8 Å². The predicted octanol–water partition coefficient (Wildman–Crippen LogP) is 27.7. The summed E-state index contributed by atoms with van der Waals surface area (Å²) in [5.41, 5.74) is 32.8. The van der Waals surface area contributed by atoms with E-state index in [0.717, 1.165) is 50.9 Å². The highest BCUT2D eigenvalue weighted by molar-refractivity contribution is 5.97. The fourth-order valence-corrected chi connectivity index (χ4v) is 20.2. The van der Waals surface area contributed by atoms with Crippen molar-refractivity contribution < 1.29 is 10.2 Å². The Hall–Kier alpha value is -10.2. The Kier molecular flexibility index (Phi) is 19.6. The van der Waals surface area contributed by atoms with Crippen molar-refractivity contribution in [3.05, 3.63) is 365 Å². The zero-order valence-electron chi connectivity index (χ0n) is 62.9. The first kappa shape index (κ1) is 69.5. The smallest absolute Gasteiger partial charge is 0.0608 e. The van der Waals surface area contributed by atoms with Crippen molar-refractivity contribution in [1.82, 2.24) is 0 Å². The molecule has 2 nitrogen and oxygen atoms in total. The van der Waals surface area contributed by atoms with Crippen molar-refractivity contribution in [1.29, 1.82) is 0 Å². The van der Waals surface area contributed by atoms with E-state index in [4.69, 9.17) is 0 Å². The summed E-state index contributed by atoms with van der Waals surface area (Å²) in [5, 5.41) is 24.3. The van der Waals surface area contributed by atoms with E-state index in [9.17, 15) is 10.2 Å². The van der Waals surface area contributed by atoms with Gasteiger partial charge < -0.3 is 10.2 Å². The zero-order valence-corrected chi connectivity index (χ0v) is 62.9. The topological polar surface area (TPSA) is 40.5 Å². The van der Waals surface area contributed by atoms with Crippen LogP contribution in [0.1, 0.15) is 213 Å². The molecule has 0 amide bonds. The van der Waals surface area contributed by atoms with Gasteiger partial charge in [0.15, 0.2) is 0 Å². The van der Waals surface area contributed by atoms with Crippen LogP contribution in [0.5, 0.6) is 0 Å². The normalized spacial score (nSPS) is 19.6. The first-order valence-electron chi connectivity index (χ1n) is 41.0. The summed E-state index contributed by atoms with van der Waals surface area (Å²) in [6.45, 7) is 4.31. The van der Waals surface area contributed by atoms with Gasteiger partial charge in [0.2, 0.25) is 0 Å². The summed E-state index contributed by atoms with van der Waals surface area (Å²) in [6, 6.07) is 115. The van der Waals surface area contributed by atoms with Gasteiger partial charge in [-0.2, -0.15) is 0 Å². The molecule has 0 heterocycles. The van der Waals surface area contributed by atoms with Crippen LogP contribution in [0, 0.1) is 0 Å². The number of hydrogen-bond donors (Lipinski definition) is 2. The molecule has 13 aromatic carbocycles. The first-order chi connectivity index (χ1) is 53.2. The zero-order chi connectivity index (χ0) is 72.7. The van der Waals surface area contributed by atoms with E-state index < -0.39 is 5.41 Å². The van der Waals surface area contributed by atoms with E-state index in [-0.39, 0.29) is 24.0 Å². The van der Waals surface area contributed by atoms with Crippen LogP contribution in [0.25, 0.3) is 94.2 Å². The molecule has 5 aliphatic carbocycles. The number of allylic oxidation sites excluding steroid dienone is 2. The first-order valence-corrected chi connectivity index (χ1v) is 41.0. The molecule has 2 N–H and O–H groups in total. The van der Waals surface area contributed by atoms with Gasteiger partial charge in [-0.1, -0.05) is 337 Å². The molecule has 0 aliphatic heterocycles. The maximum atomic E-state index is 11.0. The van der Waals surface area contributed by atoms with Gasteiger partial charge in [-0.05, 0) is 268 Å². The van der Waals surface area contributed by atoms with Crippen molar-refractivity contribution in [3.8, 4) is 77.9 Å². The lowest BCUT2D eigenvalue weighted by molar-refractivity contribution is 0.106. The van der Waals surface area contributed by atoms with Gasteiger partial charge in [0.25, 0.3) is 0 Å². The van der Waals surface area contributed by atoms with Crippen LogP contribution in [-0.4, -0.2) is 22.4 Å². The molecule has 0 saturated heterocycles. The predicted molar refractivity (Wildman–Crippen MR) is 453 cm³/mol. The molecular weight excluding hydrogens is 1310 g/mol. The average molecular weight is 1410 g/mol. The number of rotatable bonds is 18. The van der Waals surface area contributed by atoms with Gasteiger partial charge >= 0.3 is 0 Å². The molecule has 5 atom stereocenters. The Morgan fingerprint density at radius 1 is 0.352 bits per heavy atom. The second kappa shape index (κ2) is 30.4. The van der Waals surface area contributed by atoms with Crippen LogP contribution in [0.15, 0.2) is 303 Å². The largest absolute Gasteiger partial charge is 0.393 e. The van der Waals surface area contributed by atoms with Crippen LogP contribution in [0.3, 0.4) is 0 Å². The molecule has 0 spiro atoms. The standard InChI is InChI=1S/C106H100O2/c1-3-70(65-95(107)4-2)73-27-29-76(30-28-73)81-43-51-86(52-44-81)93-63-91-61-59-89(84-47-39-79(40-48-84)77-35-31-74(32-36-77)71-17-7-5-8-18-71)66-99(91)103(68-93)106(101-24-14-11-22-97(101)98-23-12-15-25-102(98)106)104-69-94(87-53-45-82(46-54-87)83-55-57-88(58-56-83)96-21-13-16-26-105(96)108)64-92-62-60-90(67-100(92)104)85-49-41-80(42-50-85)78-37-33-75(34-38-78)72-19-9-6-10-20-72/h6,9-12,14-15,19-20,22-25,27-38,41-46,49-63,66-71,79,84,95-96,104-105,107-108H,3-5,7-8,13,16-18,21,26,39-40,47-48,64-65H2,1-2H3. The minimum absolute atomic E-state index is 0.157. The van der Waals surface area contributed by atoms with Gasteiger partial charge in [-0.25, -0.2) is 0 Å². The summed E-state index contributed by atoms with van der Waals surface area (Å²) < 4.78 is 0. The number of aliphatic hydroxyl groups is 2. The van der Waals surface area contributed by atoms with Crippen LogP contribution in [0.2, 0.25) is 0 Å². The summed E-state index contributed by atoms with van der Waals surface area (Å²) in [7, 11) is 0. The Balaban J connectivity index is 0.788. The summed E-state index contributed by atoms with van der Waals surface area (Å²) in [4.78, 5) is 0. The number of benzene rings is 13. The van der Waals surface area contributed by atoms with Crippen molar-refractivity contribution in [2.75, 3.05) is 0 Å². The van der Waals surface area contributed by atoms with Crippen molar-refractivity contribution in [2.45, 2.75) is 176 Å². The van der Waals surface area contributed by atoms with Gasteiger partial charge in [0, 0.05) is 11.8 Å². The molecule has 18 rings (SSSR count). The highest BCUT2D eigenvalue weighted by atomic mass is 16.3. The highest BCUT2D eigenvalue weighted by Crippen LogP contribution is 2.63. The molecule has 2 heteroatoms. The monoisotopic (exact) mass is 1400 g/mol. The minimum atomic E-state index is -0.713. The lowest BCUT2D eigenvalue weighted by Gasteiger charge is -2.43. The molecule has 5 aliphatic rings. The molecule has 3 saturated carbocycles. The lowest BCUT2D eigenvalue weighted by Crippen LogP contribution is -2.36. The Morgan fingerprint density at radius 2 is 0.796 bits per heavy atom. The highest BCUT2D eigenvalue weighted by Gasteiger charge is 2.52. The number of hydrogen-bond acceptors (Lipinski definition) is 2. The van der Waals surface area contributed by atoms with Gasteiger partial charge in [0.05, 0.1) is 17.6 Å². The third kappa shape index (κ3) is 13.5. The summed E-state index contributed by atoms with van der Waals surface area (Å²) in [6.07, 6.45) is 21.3. The molecule has 108 heavy (non-hydrogen) atoms. The fourth-order valence-electron chi connectivity index (χ4n) is 20.2. The third-order valence-electron chi connectivity index (χ3n) is 26.4. The van der Waals surface area contributed by atoms with Gasteiger partial charge in [0.1, 0.15) is 0 Å². The fraction of sp³-hybridized carbons (Fsp3) is 0.264. The minimum Gasteiger partial charge on any atom is -0.393 e. The Labute approximate surface area is 641 Å². The maximum absolute atomic E-state index is 11.0. The molecular formula is C106H100O2. The molecule has 0 aromatic heterocycles. The Morgan fingerprint density at radius 3 is 1.35 bits per heavy atom. The molecule has 536 valence electrons. The van der Waals surface area contributed by atoms with Crippen molar-refractivity contribution in [3.63, 3.8) is 0 Å². The van der Waals surface area contributed by atoms with Gasteiger partial charge in [-0.15, -0.1) is 0 Å². The SMILES string of the molecule is CCC(O)CC(CC)c1ccc(-c2ccc(-c3cc(C4(C5C=C(c6ccc(-c7ccc(C8CCCCC8O)cc7)cc6)Cc6ccc(-c7ccc(-c8ccc(-c9ccccc9)cc8)cc7)cc65)c5ccccc5-c5ccccc54)c4cc(C5CCC(c6ccc(C7CCCCC7)cc6)CC5)ccc4c3)cc2)cc1. The third-order valence-corrected chi connectivity index (χ3v) is 26.4.